The molecule has 0 radical (unpaired) electrons. The average molecular weight is 176 g/mol. The lowest BCUT2D eigenvalue weighted by Gasteiger charge is -1.91. The van der Waals surface area contributed by atoms with Gasteiger partial charge >= 0.3 is 0 Å². The minimum absolute atomic E-state index is 0.329. The van der Waals surface area contributed by atoms with Crippen LogP contribution < -0.4 is 0 Å². The summed E-state index contributed by atoms with van der Waals surface area (Å²) in [5.74, 6) is -0.329. The molecule has 2 aromatic rings. The van der Waals surface area contributed by atoms with Crippen molar-refractivity contribution in [3.05, 3.63) is 36.6 Å². The molecule has 66 valence electrons. The van der Waals surface area contributed by atoms with Crippen molar-refractivity contribution in [2.45, 2.75) is 6.92 Å². The number of H-pyrrole nitrogens is 1. The van der Waals surface area contributed by atoms with Crippen LogP contribution in [0.25, 0.3) is 16.5 Å². The maximum absolute atomic E-state index is 13.1. The number of pyridine rings is 1. The second kappa shape index (κ2) is 2.69. The number of nitrogens with zero attached hydrogens (tertiary/aromatic N) is 1. The molecule has 0 aromatic carbocycles. The zero-order chi connectivity index (χ0) is 9.42. The molecule has 0 bridgehead atoms. The van der Waals surface area contributed by atoms with Gasteiger partial charge in [0.15, 0.2) is 5.82 Å². The van der Waals surface area contributed by atoms with Gasteiger partial charge in [0.05, 0.1) is 11.7 Å². The van der Waals surface area contributed by atoms with Crippen molar-refractivity contribution >= 4 is 16.5 Å². The van der Waals surface area contributed by atoms with E-state index in [4.69, 9.17) is 0 Å². The fourth-order valence-corrected chi connectivity index (χ4v) is 1.25. The molecular weight excluding hydrogens is 167 g/mol. The number of halogens is 1. The third kappa shape index (κ3) is 1.22. The second-order valence-electron chi connectivity index (χ2n) is 3.05. The first-order chi connectivity index (χ1) is 6.18. The van der Waals surface area contributed by atoms with Gasteiger partial charge in [0.2, 0.25) is 0 Å². The van der Waals surface area contributed by atoms with Gasteiger partial charge in [0, 0.05) is 17.3 Å². The quantitative estimate of drug-likeness (QED) is 0.711. The lowest BCUT2D eigenvalue weighted by atomic mass is 10.2. The molecule has 0 atom stereocenters. The van der Waals surface area contributed by atoms with Crippen molar-refractivity contribution in [3.63, 3.8) is 0 Å². The Balaban J connectivity index is 2.75. The van der Waals surface area contributed by atoms with E-state index in [2.05, 4.69) is 16.5 Å². The Labute approximate surface area is 75.1 Å². The van der Waals surface area contributed by atoms with Crippen LogP contribution in [0.2, 0.25) is 0 Å². The van der Waals surface area contributed by atoms with E-state index in [1.165, 1.54) is 6.20 Å². The minimum Gasteiger partial charge on any atom is -0.352 e. The molecule has 0 aliphatic heterocycles. The van der Waals surface area contributed by atoms with Crippen molar-refractivity contribution in [2.75, 3.05) is 0 Å². The van der Waals surface area contributed by atoms with E-state index in [-0.39, 0.29) is 5.82 Å². The zero-order valence-corrected chi connectivity index (χ0v) is 7.26. The topological polar surface area (TPSA) is 28.7 Å². The first-order valence-electron chi connectivity index (χ1n) is 3.96. The van der Waals surface area contributed by atoms with Crippen LogP contribution in [0.1, 0.15) is 12.6 Å². The Morgan fingerprint density at radius 1 is 1.54 bits per heavy atom. The van der Waals surface area contributed by atoms with Crippen LogP contribution in [-0.4, -0.2) is 9.97 Å². The van der Waals surface area contributed by atoms with E-state index in [9.17, 15) is 4.39 Å². The van der Waals surface area contributed by atoms with Crippen LogP contribution in [0.4, 0.5) is 4.39 Å². The molecule has 0 unspecified atom stereocenters. The summed E-state index contributed by atoms with van der Waals surface area (Å²) in [7, 11) is 0. The van der Waals surface area contributed by atoms with Crippen molar-refractivity contribution in [1.29, 1.82) is 0 Å². The average Bonchev–Trinajstić information content (AvgIpc) is 2.49. The largest absolute Gasteiger partial charge is 0.352 e. The highest BCUT2D eigenvalue weighted by Crippen LogP contribution is 2.20. The molecule has 0 aliphatic carbocycles. The van der Waals surface area contributed by atoms with E-state index in [1.807, 2.05) is 13.0 Å². The van der Waals surface area contributed by atoms with E-state index in [1.54, 1.807) is 6.20 Å². The summed E-state index contributed by atoms with van der Waals surface area (Å²) in [6.07, 6.45) is 2.82. The van der Waals surface area contributed by atoms with E-state index < -0.39 is 0 Å². The first-order valence-corrected chi connectivity index (χ1v) is 3.96. The molecule has 13 heavy (non-hydrogen) atoms. The number of aromatic amines is 1. The number of hydrogen-bond acceptors (Lipinski definition) is 1. The number of aromatic nitrogens is 2. The number of hydrogen-bond donors (Lipinski definition) is 1. The highest BCUT2D eigenvalue weighted by atomic mass is 19.1. The fraction of sp³-hybridized carbons (Fsp3) is 0.100. The van der Waals surface area contributed by atoms with Crippen LogP contribution in [0.3, 0.4) is 0 Å². The molecule has 2 heterocycles. The van der Waals surface area contributed by atoms with Gasteiger partial charge in [-0.15, -0.1) is 0 Å². The summed E-state index contributed by atoms with van der Waals surface area (Å²) in [5.41, 5.74) is 2.23. The summed E-state index contributed by atoms with van der Waals surface area (Å²) in [5, 5.41) is 0.776. The first kappa shape index (κ1) is 7.98. The van der Waals surface area contributed by atoms with Crippen molar-refractivity contribution in [3.8, 4) is 0 Å². The van der Waals surface area contributed by atoms with Gasteiger partial charge in [0.25, 0.3) is 0 Å². The molecule has 0 fully saturated rings. The maximum atomic E-state index is 13.1. The molecule has 1 N–H and O–H groups in total. The zero-order valence-electron chi connectivity index (χ0n) is 7.26. The molecule has 0 spiro atoms. The Bertz CT molecular complexity index is 471. The SMILES string of the molecule is C=C(C)c1cc2cncc(F)c2[nH]1. The highest BCUT2D eigenvalue weighted by Gasteiger charge is 2.05. The Morgan fingerprint density at radius 3 is 2.92 bits per heavy atom. The van der Waals surface area contributed by atoms with Crippen LogP contribution in [0, 0.1) is 5.82 Å². The predicted octanol–water partition coefficient (Wildman–Crippen LogP) is 2.74. The smallest absolute Gasteiger partial charge is 0.165 e. The van der Waals surface area contributed by atoms with Crippen LogP contribution in [-0.2, 0) is 0 Å². The van der Waals surface area contributed by atoms with Gasteiger partial charge in [0.1, 0.15) is 0 Å². The fourth-order valence-electron chi connectivity index (χ4n) is 1.25. The standard InChI is InChI=1S/C10H9FN2/c1-6(2)9-3-7-4-12-5-8(11)10(7)13-9/h3-5,13H,1H2,2H3. The van der Waals surface area contributed by atoms with Gasteiger partial charge in [-0.3, -0.25) is 4.98 Å². The summed E-state index contributed by atoms with van der Waals surface area (Å²) >= 11 is 0. The van der Waals surface area contributed by atoms with Gasteiger partial charge in [-0.1, -0.05) is 6.58 Å². The third-order valence-corrected chi connectivity index (χ3v) is 1.95. The number of nitrogens with one attached hydrogen (secondary N) is 1. The maximum Gasteiger partial charge on any atom is 0.165 e. The third-order valence-electron chi connectivity index (χ3n) is 1.95. The van der Waals surface area contributed by atoms with Crippen LogP contribution in [0.15, 0.2) is 25.0 Å². The predicted molar refractivity (Wildman–Crippen MR) is 50.8 cm³/mol. The second-order valence-corrected chi connectivity index (χ2v) is 3.05. The van der Waals surface area contributed by atoms with Crippen molar-refractivity contribution < 1.29 is 4.39 Å². The summed E-state index contributed by atoms with van der Waals surface area (Å²) in [6.45, 7) is 5.65. The Kier molecular flexibility index (Phi) is 1.65. The Hall–Kier alpha value is -1.64. The molecule has 0 saturated carbocycles. The van der Waals surface area contributed by atoms with E-state index in [0.29, 0.717) is 5.52 Å². The summed E-state index contributed by atoms with van der Waals surface area (Å²) in [6, 6.07) is 1.84. The van der Waals surface area contributed by atoms with Gasteiger partial charge < -0.3 is 4.98 Å². The van der Waals surface area contributed by atoms with E-state index in [0.717, 1.165) is 16.7 Å². The molecule has 2 aromatic heterocycles. The number of rotatable bonds is 1. The van der Waals surface area contributed by atoms with Crippen LogP contribution >= 0.6 is 0 Å². The molecule has 2 nitrogen and oxygen atoms in total. The van der Waals surface area contributed by atoms with Gasteiger partial charge in [-0.05, 0) is 18.6 Å². The molecule has 2 rings (SSSR count). The van der Waals surface area contributed by atoms with Crippen molar-refractivity contribution in [1.82, 2.24) is 9.97 Å². The summed E-state index contributed by atoms with van der Waals surface area (Å²) < 4.78 is 13.1. The molecule has 0 aliphatic rings. The molecule has 3 heteroatoms. The van der Waals surface area contributed by atoms with E-state index >= 15 is 0 Å². The van der Waals surface area contributed by atoms with Gasteiger partial charge in [-0.2, -0.15) is 0 Å². The summed E-state index contributed by atoms with van der Waals surface area (Å²) in [4.78, 5) is 6.71. The number of fused-ring (bicyclic) bond motifs is 1. The monoisotopic (exact) mass is 176 g/mol. The Morgan fingerprint density at radius 2 is 2.31 bits per heavy atom. The lowest BCUT2D eigenvalue weighted by Crippen LogP contribution is -1.80. The lowest BCUT2D eigenvalue weighted by molar-refractivity contribution is 0.631. The molecular formula is C10H9FN2. The van der Waals surface area contributed by atoms with Crippen LogP contribution in [0.5, 0.6) is 0 Å². The van der Waals surface area contributed by atoms with Gasteiger partial charge in [-0.25, -0.2) is 4.39 Å². The number of allylic oxidation sites excluding steroid dienone is 1. The minimum atomic E-state index is -0.329. The normalized spacial score (nSPS) is 10.6. The molecule has 0 saturated heterocycles. The molecule has 0 amide bonds. The highest BCUT2D eigenvalue weighted by molar-refractivity contribution is 5.83. The van der Waals surface area contributed by atoms with Crippen molar-refractivity contribution in [2.24, 2.45) is 0 Å².